The molecular formula is C29H26N2O7S. The van der Waals surface area contributed by atoms with E-state index in [0.717, 1.165) is 27.4 Å². The van der Waals surface area contributed by atoms with Crippen LogP contribution in [0.2, 0.25) is 0 Å². The molecule has 2 saturated heterocycles. The zero-order chi connectivity index (χ0) is 27.4. The summed E-state index contributed by atoms with van der Waals surface area (Å²) >= 11 is 0.775. The lowest BCUT2D eigenvalue weighted by Crippen LogP contribution is -2.46. The van der Waals surface area contributed by atoms with Gasteiger partial charge in [-0.3, -0.25) is 19.3 Å². The Morgan fingerprint density at radius 3 is 2.56 bits per heavy atom. The van der Waals surface area contributed by atoms with Crippen molar-refractivity contribution in [3.63, 3.8) is 0 Å². The van der Waals surface area contributed by atoms with Crippen LogP contribution < -0.4 is 9.47 Å². The van der Waals surface area contributed by atoms with E-state index in [2.05, 4.69) is 0 Å². The van der Waals surface area contributed by atoms with Gasteiger partial charge in [0.1, 0.15) is 6.54 Å². The highest BCUT2D eigenvalue weighted by molar-refractivity contribution is 8.18. The number of hydrogen-bond donors (Lipinski definition) is 0. The molecule has 200 valence electrons. The van der Waals surface area contributed by atoms with Crippen LogP contribution in [0, 0.1) is 0 Å². The van der Waals surface area contributed by atoms with E-state index in [9.17, 15) is 19.2 Å². The van der Waals surface area contributed by atoms with E-state index >= 15 is 0 Å². The van der Waals surface area contributed by atoms with Crippen LogP contribution in [0.1, 0.15) is 22.8 Å². The number of nitrogens with zero attached hydrogens (tertiary/aromatic N) is 2. The fourth-order valence-corrected chi connectivity index (χ4v) is 5.20. The van der Waals surface area contributed by atoms with Crippen molar-refractivity contribution in [1.29, 1.82) is 0 Å². The summed E-state index contributed by atoms with van der Waals surface area (Å²) in [6.07, 6.45) is 1.56. The lowest BCUT2D eigenvalue weighted by Gasteiger charge is -2.28. The van der Waals surface area contributed by atoms with Gasteiger partial charge in [0.15, 0.2) is 11.5 Å². The minimum Gasteiger partial charge on any atom is -0.490 e. The Kier molecular flexibility index (Phi) is 7.94. The van der Waals surface area contributed by atoms with Gasteiger partial charge in [-0.25, -0.2) is 4.79 Å². The summed E-state index contributed by atoms with van der Waals surface area (Å²) in [5, 5.41) is 1.20. The van der Waals surface area contributed by atoms with Crippen LogP contribution in [0.5, 0.6) is 11.5 Å². The SMILES string of the molecule is CCOc1cc(/C=C2\SC(=O)N(CC(=O)N3CCOCC3)C2=O)ccc1OC(=O)c1cccc2ccccc12. The molecule has 2 aliphatic heterocycles. The Morgan fingerprint density at radius 1 is 1.00 bits per heavy atom. The zero-order valence-electron chi connectivity index (χ0n) is 21.3. The zero-order valence-corrected chi connectivity index (χ0v) is 22.1. The van der Waals surface area contributed by atoms with Crippen molar-refractivity contribution < 1.29 is 33.4 Å². The molecule has 2 aliphatic rings. The molecule has 3 aromatic rings. The molecule has 9 nitrogen and oxygen atoms in total. The van der Waals surface area contributed by atoms with Gasteiger partial charge in [-0.15, -0.1) is 0 Å². The van der Waals surface area contributed by atoms with Gasteiger partial charge in [-0.2, -0.15) is 0 Å². The molecule has 0 N–H and O–H groups in total. The molecular weight excluding hydrogens is 520 g/mol. The molecule has 0 atom stereocenters. The van der Waals surface area contributed by atoms with E-state index in [4.69, 9.17) is 14.2 Å². The van der Waals surface area contributed by atoms with Crippen molar-refractivity contribution in [1.82, 2.24) is 9.80 Å². The molecule has 0 aromatic heterocycles. The minimum atomic E-state index is -0.531. The number of morpholine rings is 1. The number of carbonyl (C=O) groups excluding carboxylic acids is 4. The van der Waals surface area contributed by atoms with Gasteiger partial charge in [0.25, 0.3) is 11.1 Å². The molecule has 39 heavy (non-hydrogen) atoms. The molecule has 5 rings (SSSR count). The maximum absolute atomic E-state index is 13.0. The lowest BCUT2D eigenvalue weighted by molar-refractivity contribution is -0.139. The minimum absolute atomic E-state index is 0.192. The van der Waals surface area contributed by atoms with Crippen LogP contribution in [-0.4, -0.2) is 72.3 Å². The Morgan fingerprint density at radius 2 is 1.77 bits per heavy atom. The van der Waals surface area contributed by atoms with Crippen molar-refractivity contribution in [2.75, 3.05) is 39.5 Å². The predicted octanol–water partition coefficient (Wildman–Crippen LogP) is 4.35. The van der Waals surface area contributed by atoms with E-state index in [-0.39, 0.29) is 23.1 Å². The van der Waals surface area contributed by atoms with Crippen LogP contribution in [0.15, 0.2) is 65.6 Å². The largest absolute Gasteiger partial charge is 0.490 e. The van der Waals surface area contributed by atoms with Crippen molar-refractivity contribution >= 4 is 51.6 Å². The molecule has 10 heteroatoms. The monoisotopic (exact) mass is 546 g/mol. The average molecular weight is 547 g/mol. The number of carbonyl (C=O) groups is 4. The molecule has 2 fully saturated rings. The first kappa shape index (κ1) is 26.5. The number of thioether (sulfide) groups is 1. The average Bonchev–Trinajstić information content (AvgIpc) is 3.21. The van der Waals surface area contributed by atoms with Crippen molar-refractivity contribution in [3.05, 3.63) is 76.7 Å². The smallest absolute Gasteiger partial charge is 0.344 e. The number of hydrogen-bond acceptors (Lipinski definition) is 8. The van der Waals surface area contributed by atoms with Crippen LogP contribution in [-0.2, 0) is 14.3 Å². The Hall–Kier alpha value is -4.15. The quantitative estimate of drug-likeness (QED) is 0.245. The first-order valence-electron chi connectivity index (χ1n) is 12.5. The number of imide groups is 1. The van der Waals surface area contributed by atoms with Gasteiger partial charge < -0.3 is 19.1 Å². The highest BCUT2D eigenvalue weighted by Crippen LogP contribution is 2.35. The maximum Gasteiger partial charge on any atom is 0.344 e. The van der Waals surface area contributed by atoms with Crippen molar-refractivity contribution in [2.45, 2.75) is 6.92 Å². The second kappa shape index (κ2) is 11.7. The molecule has 3 amide bonds. The molecule has 0 radical (unpaired) electrons. The summed E-state index contributed by atoms with van der Waals surface area (Å²) in [5.41, 5.74) is 1.01. The fourth-order valence-electron chi connectivity index (χ4n) is 4.36. The molecule has 0 unspecified atom stereocenters. The third kappa shape index (κ3) is 5.81. The standard InChI is InChI=1S/C29H26N2O7S/c1-2-37-24-16-19(10-11-23(24)38-28(34)22-9-5-7-20-6-3-4-8-21(20)22)17-25-27(33)31(29(35)39-25)18-26(32)30-12-14-36-15-13-30/h3-11,16-17H,2,12-15,18H2,1H3/b25-17-. The lowest BCUT2D eigenvalue weighted by atomic mass is 10.0. The highest BCUT2D eigenvalue weighted by Gasteiger charge is 2.37. The first-order valence-corrected chi connectivity index (χ1v) is 13.3. The van der Waals surface area contributed by atoms with Crippen LogP contribution >= 0.6 is 11.8 Å². The number of esters is 1. The Balaban J connectivity index is 1.33. The van der Waals surface area contributed by atoms with E-state index in [0.29, 0.717) is 49.8 Å². The van der Waals surface area contributed by atoms with E-state index in [1.54, 1.807) is 48.2 Å². The van der Waals surface area contributed by atoms with Crippen LogP contribution in [0.4, 0.5) is 4.79 Å². The summed E-state index contributed by atoms with van der Waals surface area (Å²) in [5.74, 6) is -0.793. The molecule has 2 heterocycles. The molecule has 0 aliphatic carbocycles. The third-order valence-corrected chi connectivity index (χ3v) is 7.22. The Bertz CT molecular complexity index is 1470. The van der Waals surface area contributed by atoms with Crippen LogP contribution in [0.25, 0.3) is 16.8 Å². The molecule has 0 bridgehead atoms. The summed E-state index contributed by atoms with van der Waals surface area (Å²) in [6.45, 7) is 3.55. The summed E-state index contributed by atoms with van der Waals surface area (Å²) in [7, 11) is 0. The summed E-state index contributed by atoms with van der Waals surface area (Å²) in [6, 6.07) is 17.9. The van der Waals surface area contributed by atoms with Crippen molar-refractivity contribution in [3.8, 4) is 11.5 Å². The van der Waals surface area contributed by atoms with E-state index in [1.807, 2.05) is 30.3 Å². The second-order valence-electron chi connectivity index (χ2n) is 8.82. The highest BCUT2D eigenvalue weighted by atomic mass is 32.2. The topological polar surface area (TPSA) is 102 Å². The van der Waals surface area contributed by atoms with Gasteiger partial charge in [0.05, 0.1) is 30.3 Å². The summed E-state index contributed by atoms with van der Waals surface area (Å²) < 4.78 is 16.7. The number of benzene rings is 3. The van der Waals surface area contributed by atoms with Gasteiger partial charge in [-0.05, 0) is 59.3 Å². The molecule has 0 spiro atoms. The number of amides is 3. The number of ether oxygens (including phenoxy) is 3. The number of rotatable bonds is 7. The van der Waals surface area contributed by atoms with Gasteiger partial charge >= 0.3 is 5.97 Å². The predicted molar refractivity (Wildman–Crippen MR) is 147 cm³/mol. The first-order chi connectivity index (χ1) is 18.9. The summed E-state index contributed by atoms with van der Waals surface area (Å²) in [4.78, 5) is 53.8. The maximum atomic E-state index is 13.0. The second-order valence-corrected chi connectivity index (χ2v) is 9.81. The molecule has 0 saturated carbocycles. The Labute approximate surface area is 229 Å². The fraction of sp³-hybridized carbons (Fsp3) is 0.241. The van der Waals surface area contributed by atoms with Crippen LogP contribution in [0.3, 0.4) is 0 Å². The normalized spacial score (nSPS) is 16.7. The van der Waals surface area contributed by atoms with Gasteiger partial charge in [0, 0.05) is 13.1 Å². The molecule has 3 aromatic carbocycles. The van der Waals surface area contributed by atoms with E-state index < -0.39 is 17.1 Å². The van der Waals surface area contributed by atoms with Gasteiger partial charge in [-0.1, -0.05) is 42.5 Å². The van der Waals surface area contributed by atoms with Crippen molar-refractivity contribution in [2.24, 2.45) is 0 Å². The number of fused-ring (bicyclic) bond motifs is 1. The van der Waals surface area contributed by atoms with E-state index in [1.165, 1.54) is 0 Å². The van der Waals surface area contributed by atoms with Gasteiger partial charge in [0.2, 0.25) is 5.91 Å². The third-order valence-electron chi connectivity index (χ3n) is 6.31.